The number of aryl methyl sites for hydroxylation is 1. The second-order valence-electron chi connectivity index (χ2n) is 6.75. The number of aromatic nitrogens is 1. The van der Waals surface area contributed by atoms with Gasteiger partial charge in [-0.05, 0) is 44.0 Å². The van der Waals surface area contributed by atoms with E-state index in [2.05, 4.69) is 24.1 Å². The normalized spacial score (nSPS) is 11.4. The first-order valence-electron chi connectivity index (χ1n) is 7.88. The molecule has 0 unspecified atom stereocenters. The van der Waals surface area contributed by atoms with Crippen molar-refractivity contribution in [2.45, 2.75) is 40.0 Å². The van der Waals surface area contributed by atoms with Gasteiger partial charge in [0.25, 0.3) is 5.91 Å². The van der Waals surface area contributed by atoms with Gasteiger partial charge in [-0.2, -0.15) is 0 Å². The number of H-pyrrole nitrogens is 1. The predicted octanol–water partition coefficient (Wildman–Crippen LogP) is 4.20. The van der Waals surface area contributed by atoms with Crippen molar-refractivity contribution in [1.29, 1.82) is 0 Å². The summed E-state index contributed by atoms with van der Waals surface area (Å²) in [5.74, 6) is -0.244. The molecule has 0 bridgehead atoms. The van der Waals surface area contributed by atoms with Gasteiger partial charge in [-0.3, -0.25) is 9.59 Å². The van der Waals surface area contributed by atoms with Gasteiger partial charge in [0.15, 0.2) is 5.78 Å². The second-order valence-corrected chi connectivity index (χ2v) is 7.19. The topological polar surface area (TPSA) is 62.0 Å². The van der Waals surface area contributed by atoms with E-state index in [1.165, 1.54) is 6.92 Å². The van der Waals surface area contributed by atoms with Crippen LogP contribution in [0.25, 0.3) is 0 Å². The number of carbonyl (C=O) groups excluding carboxylic acids is 2. The molecule has 1 aromatic heterocycles. The van der Waals surface area contributed by atoms with Crippen molar-refractivity contribution < 1.29 is 9.59 Å². The minimum absolute atomic E-state index is 0.0400. The zero-order chi connectivity index (χ0) is 18.1. The molecule has 0 saturated carbocycles. The number of carbonyl (C=O) groups is 2. The molecule has 0 aliphatic heterocycles. The summed E-state index contributed by atoms with van der Waals surface area (Å²) in [7, 11) is 0. The zero-order valence-corrected chi connectivity index (χ0v) is 15.5. The lowest BCUT2D eigenvalue weighted by molar-refractivity contribution is 0.0940. The maximum absolute atomic E-state index is 12.5. The molecule has 2 N–H and O–H groups in total. The lowest BCUT2D eigenvalue weighted by Gasteiger charge is -2.25. The molecule has 0 saturated heterocycles. The molecule has 4 nitrogen and oxygen atoms in total. The largest absolute Gasteiger partial charge is 0.354 e. The molecule has 5 heteroatoms. The average molecular weight is 347 g/mol. The number of nitrogens with one attached hydrogen (secondary N) is 2. The van der Waals surface area contributed by atoms with Gasteiger partial charge in [-0.25, -0.2) is 0 Å². The van der Waals surface area contributed by atoms with Gasteiger partial charge in [0.2, 0.25) is 0 Å². The fourth-order valence-corrected chi connectivity index (χ4v) is 3.02. The van der Waals surface area contributed by atoms with Crippen molar-refractivity contribution in [2.24, 2.45) is 0 Å². The number of rotatable bonds is 5. The summed E-state index contributed by atoms with van der Waals surface area (Å²) in [6.07, 6.45) is 0. The fraction of sp³-hybridized carbons (Fsp3) is 0.368. The fourth-order valence-electron chi connectivity index (χ4n) is 2.90. The molecule has 128 valence electrons. The first kappa shape index (κ1) is 18.3. The maximum Gasteiger partial charge on any atom is 0.268 e. The molecule has 0 radical (unpaired) electrons. The minimum atomic E-state index is -0.237. The van der Waals surface area contributed by atoms with Crippen LogP contribution in [0.3, 0.4) is 0 Å². The Bertz CT molecular complexity index is 773. The Morgan fingerprint density at radius 2 is 1.75 bits per heavy atom. The highest BCUT2D eigenvalue weighted by Gasteiger charge is 2.24. The molecule has 2 rings (SSSR count). The van der Waals surface area contributed by atoms with Gasteiger partial charge in [-0.1, -0.05) is 37.6 Å². The van der Waals surface area contributed by atoms with E-state index in [-0.39, 0.29) is 17.1 Å². The Balaban J connectivity index is 2.14. The highest BCUT2D eigenvalue weighted by Crippen LogP contribution is 2.24. The molecule has 0 aliphatic rings. The molecule has 2 aromatic rings. The van der Waals surface area contributed by atoms with Gasteiger partial charge in [0, 0.05) is 28.2 Å². The van der Waals surface area contributed by atoms with Crippen molar-refractivity contribution in [3.05, 3.63) is 57.4 Å². The standard InChI is InChI=1S/C19H23ClN2O2/c1-11-16(13(3)23)12(2)22-17(11)18(24)21-10-19(4,5)14-6-8-15(20)9-7-14/h6-9,22H,10H2,1-5H3,(H,21,24). The maximum atomic E-state index is 12.5. The SMILES string of the molecule is CC(=O)c1c(C)[nH]c(C(=O)NCC(C)(C)c2ccc(Cl)cc2)c1C. The molecule has 1 heterocycles. The number of Topliss-reactive ketones (excluding diaryl/α,β-unsaturated/α-hetero) is 1. The second kappa shape index (κ2) is 6.81. The van der Waals surface area contributed by atoms with Crippen molar-refractivity contribution in [3.8, 4) is 0 Å². The molecular weight excluding hydrogens is 324 g/mol. The number of ketones is 1. The van der Waals surface area contributed by atoms with Crippen LogP contribution in [-0.4, -0.2) is 23.2 Å². The number of benzene rings is 1. The Morgan fingerprint density at radius 3 is 2.25 bits per heavy atom. The zero-order valence-electron chi connectivity index (χ0n) is 14.7. The summed E-state index contributed by atoms with van der Waals surface area (Å²) in [5.41, 5.74) is 3.32. The highest BCUT2D eigenvalue weighted by atomic mass is 35.5. The molecule has 24 heavy (non-hydrogen) atoms. The Kier molecular flexibility index (Phi) is 5.19. The Hall–Kier alpha value is -2.07. The van der Waals surface area contributed by atoms with Crippen LogP contribution in [0, 0.1) is 13.8 Å². The summed E-state index contributed by atoms with van der Waals surface area (Å²) in [5, 5.41) is 3.65. The lowest BCUT2D eigenvalue weighted by atomic mass is 9.84. The molecule has 0 aliphatic carbocycles. The molecule has 1 aromatic carbocycles. The van der Waals surface area contributed by atoms with E-state index in [1.54, 1.807) is 13.8 Å². The first-order valence-corrected chi connectivity index (χ1v) is 8.25. The number of amides is 1. The summed E-state index contributed by atoms with van der Waals surface area (Å²) >= 11 is 5.93. The summed E-state index contributed by atoms with van der Waals surface area (Å²) in [6.45, 7) is 9.70. The van der Waals surface area contributed by atoms with Gasteiger partial charge < -0.3 is 10.3 Å². The smallest absolute Gasteiger partial charge is 0.268 e. The Morgan fingerprint density at radius 1 is 1.17 bits per heavy atom. The third-order valence-electron chi connectivity index (χ3n) is 4.33. The average Bonchev–Trinajstić information content (AvgIpc) is 2.80. The lowest BCUT2D eigenvalue weighted by Crippen LogP contribution is -2.37. The monoisotopic (exact) mass is 346 g/mol. The van der Waals surface area contributed by atoms with E-state index in [0.717, 1.165) is 11.3 Å². The van der Waals surface area contributed by atoms with E-state index < -0.39 is 0 Å². The van der Waals surface area contributed by atoms with Crippen LogP contribution in [0.1, 0.15) is 58.4 Å². The van der Waals surface area contributed by atoms with Gasteiger partial charge >= 0.3 is 0 Å². The molecule has 0 spiro atoms. The summed E-state index contributed by atoms with van der Waals surface area (Å²) < 4.78 is 0. The molecule has 1 amide bonds. The molecule has 0 fully saturated rings. The number of hydrogen-bond donors (Lipinski definition) is 2. The van der Waals surface area contributed by atoms with E-state index >= 15 is 0 Å². The number of halogens is 1. The first-order chi connectivity index (χ1) is 11.1. The van der Waals surface area contributed by atoms with Crippen LogP contribution < -0.4 is 5.32 Å². The van der Waals surface area contributed by atoms with E-state index in [4.69, 9.17) is 11.6 Å². The van der Waals surface area contributed by atoms with Crippen LogP contribution in [-0.2, 0) is 5.41 Å². The van der Waals surface area contributed by atoms with Crippen molar-refractivity contribution in [2.75, 3.05) is 6.54 Å². The minimum Gasteiger partial charge on any atom is -0.354 e. The van der Waals surface area contributed by atoms with Gasteiger partial charge in [0.05, 0.1) is 0 Å². The van der Waals surface area contributed by atoms with E-state index in [9.17, 15) is 9.59 Å². The van der Waals surface area contributed by atoms with Gasteiger partial charge in [0.1, 0.15) is 5.69 Å². The predicted molar refractivity (Wildman–Crippen MR) is 97.1 cm³/mol. The van der Waals surface area contributed by atoms with E-state index in [1.807, 2.05) is 24.3 Å². The van der Waals surface area contributed by atoms with Crippen molar-refractivity contribution in [1.82, 2.24) is 10.3 Å². The molecule has 0 atom stereocenters. The number of hydrogen-bond acceptors (Lipinski definition) is 2. The van der Waals surface area contributed by atoms with Gasteiger partial charge in [-0.15, -0.1) is 0 Å². The highest BCUT2D eigenvalue weighted by molar-refractivity contribution is 6.30. The van der Waals surface area contributed by atoms with Crippen LogP contribution in [0.4, 0.5) is 0 Å². The van der Waals surface area contributed by atoms with Crippen LogP contribution >= 0.6 is 11.6 Å². The summed E-state index contributed by atoms with van der Waals surface area (Å²) in [6, 6.07) is 7.62. The third-order valence-corrected chi connectivity index (χ3v) is 4.59. The van der Waals surface area contributed by atoms with Crippen LogP contribution in [0.2, 0.25) is 5.02 Å². The quantitative estimate of drug-likeness (QED) is 0.797. The van der Waals surface area contributed by atoms with Crippen molar-refractivity contribution >= 4 is 23.3 Å². The summed E-state index contributed by atoms with van der Waals surface area (Å²) in [4.78, 5) is 27.2. The van der Waals surface area contributed by atoms with E-state index in [0.29, 0.717) is 28.4 Å². The third kappa shape index (κ3) is 3.70. The molecular formula is C19H23ClN2O2. The van der Waals surface area contributed by atoms with Crippen LogP contribution in [0.5, 0.6) is 0 Å². The Labute approximate surface area is 147 Å². The van der Waals surface area contributed by atoms with Crippen LogP contribution in [0.15, 0.2) is 24.3 Å². The number of aromatic amines is 1. The van der Waals surface area contributed by atoms with Crippen molar-refractivity contribution in [3.63, 3.8) is 0 Å².